The molecule has 0 spiro atoms. The van der Waals surface area contributed by atoms with Crippen LogP contribution in [-0.4, -0.2) is 0 Å². The van der Waals surface area contributed by atoms with E-state index in [1.807, 2.05) is 23.6 Å². The summed E-state index contributed by atoms with van der Waals surface area (Å²) >= 11 is 12.0. The largest absolute Gasteiger partial charge is 0.192 e. The monoisotopic (exact) mass is 505 g/mol. The Balaban J connectivity index is 2.10. The molecule has 0 aliphatic carbocycles. The molecule has 0 aliphatic heterocycles. The first kappa shape index (κ1) is 18.1. The second-order valence-corrected chi connectivity index (χ2v) is 9.25. The van der Waals surface area contributed by atoms with Crippen molar-refractivity contribution in [1.82, 2.24) is 0 Å². The van der Waals surface area contributed by atoms with Crippen LogP contribution in [0.4, 0.5) is 0 Å². The molecule has 0 aromatic carbocycles. The predicted molar refractivity (Wildman–Crippen MR) is 110 cm³/mol. The van der Waals surface area contributed by atoms with Gasteiger partial charge < -0.3 is 0 Å². The molecule has 3 nitrogen and oxygen atoms in total. The van der Waals surface area contributed by atoms with E-state index in [1.165, 1.54) is 16.2 Å². The van der Waals surface area contributed by atoms with E-state index in [1.54, 1.807) is 40.9 Å². The molecule has 0 radical (unpaired) electrons. The quantitative estimate of drug-likeness (QED) is 0.357. The fourth-order valence-electron chi connectivity index (χ4n) is 2.08. The van der Waals surface area contributed by atoms with Crippen molar-refractivity contribution in [2.24, 2.45) is 0 Å². The van der Waals surface area contributed by atoms with E-state index in [-0.39, 0.29) is 11.1 Å². The van der Waals surface area contributed by atoms with Crippen molar-refractivity contribution >= 4 is 71.4 Å². The Kier molecular flexibility index (Phi) is 5.54. The molecule has 0 saturated carbocycles. The summed E-state index contributed by atoms with van der Waals surface area (Å²) in [5.41, 5.74) is -0.0481. The van der Waals surface area contributed by atoms with Gasteiger partial charge in [0.25, 0.3) is 0 Å². The van der Waals surface area contributed by atoms with Crippen LogP contribution < -0.4 is 0 Å². The summed E-state index contributed by atoms with van der Waals surface area (Å²) in [6, 6.07) is 13.3. The Morgan fingerprint density at radius 3 is 2.08 bits per heavy atom. The first-order valence-electron chi connectivity index (χ1n) is 6.67. The van der Waals surface area contributed by atoms with Crippen LogP contribution in [0.25, 0.3) is 25.1 Å². The minimum atomic E-state index is -0.165. The van der Waals surface area contributed by atoms with Crippen LogP contribution in [0.5, 0.6) is 0 Å². The number of hydrogen-bond acceptors (Lipinski definition) is 6. The zero-order valence-corrected chi connectivity index (χ0v) is 17.8. The van der Waals surface area contributed by atoms with Crippen LogP contribution in [0.2, 0.25) is 0 Å². The zero-order chi connectivity index (χ0) is 18.0. The summed E-state index contributed by atoms with van der Waals surface area (Å²) in [5, 5.41) is 29.4. The molecule has 0 atom stereocenters. The average molecular weight is 507 g/mol. The standard InChI is InChI=1S/C17H5Br2N3S3/c18-14-15(19)17(25-16(14)12-2-1-5-23-12)13-4-3-11(24-13)10(8-22)9(6-20)7-21/h1-5H. The Morgan fingerprint density at radius 1 is 0.840 bits per heavy atom. The van der Waals surface area contributed by atoms with Crippen LogP contribution in [-0.2, 0) is 0 Å². The molecule has 8 heteroatoms. The third kappa shape index (κ3) is 3.35. The van der Waals surface area contributed by atoms with Crippen molar-refractivity contribution in [3.8, 4) is 37.7 Å². The van der Waals surface area contributed by atoms with Gasteiger partial charge in [-0.2, -0.15) is 15.8 Å². The first-order chi connectivity index (χ1) is 12.1. The normalized spacial score (nSPS) is 9.88. The summed E-state index contributed by atoms with van der Waals surface area (Å²) in [5.74, 6) is 0. The van der Waals surface area contributed by atoms with Crippen LogP contribution >= 0.6 is 65.9 Å². The molecule has 0 saturated heterocycles. The highest BCUT2D eigenvalue weighted by molar-refractivity contribution is 9.13. The van der Waals surface area contributed by atoms with E-state index in [9.17, 15) is 5.26 Å². The van der Waals surface area contributed by atoms with Crippen LogP contribution in [0.1, 0.15) is 4.88 Å². The van der Waals surface area contributed by atoms with Gasteiger partial charge in [-0.25, -0.2) is 0 Å². The van der Waals surface area contributed by atoms with Crippen molar-refractivity contribution in [3.63, 3.8) is 0 Å². The van der Waals surface area contributed by atoms with Gasteiger partial charge in [0.15, 0.2) is 0 Å². The van der Waals surface area contributed by atoms with Crippen LogP contribution in [0.3, 0.4) is 0 Å². The number of nitrogens with zero attached hydrogens (tertiary/aromatic N) is 3. The molecular formula is C17H5Br2N3S3. The van der Waals surface area contributed by atoms with Gasteiger partial charge in [0, 0.05) is 14.6 Å². The number of nitriles is 3. The molecular weight excluding hydrogens is 502 g/mol. The van der Waals surface area contributed by atoms with Gasteiger partial charge in [-0.05, 0) is 55.4 Å². The van der Waals surface area contributed by atoms with E-state index in [0.29, 0.717) is 4.88 Å². The molecule has 0 aliphatic rings. The molecule has 0 N–H and O–H groups in total. The van der Waals surface area contributed by atoms with Crippen LogP contribution in [0.15, 0.2) is 44.2 Å². The lowest BCUT2D eigenvalue weighted by atomic mass is 10.1. The number of hydrogen-bond donors (Lipinski definition) is 0. The van der Waals surface area contributed by atoms with Gasteiger partial charge in [0.1, 0.15) is 23.8 Å². The molecule has 3 heterocycles. The maximum Gasteiger partial charge on any atom is 0.148 e. The molecule has 3 aromatic heterocycles. The number of allylic oxidation sites excluding steroid dienone is 2. The molecule has 0 unspecified atom stereocenters. The molecule has 25 heavy (non-hydrogen) atoms. The highest BCUT2D eigenvalue weighted by Gasteiger charge is 2.20. The van der Waals surface area contributed by atoms with Gasteiger partial charge in [-0.3, -0.25) is 0 Å². The third-order valence-electron chi connectivity index (χ3n) is 3.20. The average Bonchev–Trinajstić information content (AvgIpc) is 3.35. The van der Waals surface area contributed by atoms with Crippen molar-refractivity contribution in [1.29, 1.82) is 15.8 Å². The highest BCUT2D eigenvalue weighted by atomic mass is 79.9. The van der Waals surface area contributed by atoms with E-state index < -0.39 is 0 Å². The second-order valence-electron chi connectivity index (χ2n) is 4.61. The summed E-state index contributed by atoms with van der Waals surface area (Å²) in [6.45, 7) is 0. The Labute approximate surface area is 173 Å². The summed E-state index contributed by atoms with van der Waals surface area (Å²) in [6.07, 6.45) is 0. The van der Waals surface area contributed by atoms with Gasteiger partial charge in [-0.15, -0.1) is 34.0 Å². The SMILES string of the molecule is N#CC(C#N)=C(C#N)c1ccc(-c2sc(-c3cccs3)c(Br)c2Br)s1. The Morgan fingerprint density at radius 2 is 1.52 bits per heavy atom. The number of rotatable bonds is 3. The van der Waals surface area contributed by atoms with E-state index in [2.05, 4.69) is 37.9 Å². The molecule has 0 amide bonds. The molecule has 3 aromatic rings. The minimum absolute atomic E-state index is 0.117. The number of halogens is 2. The fourth-order valence-corrected chi connectivity index (χ4v) is 6.98. The maximum absolute atomic E-state index is 9.30. The Bertz CT molecular complexity index is 1080. The third-order valence-corrected chi connectivity index (χ3v) is 9.37. The first-order valence-corrected chi connectivity index (χ1v) is 10.8. The molecule has 3 rings (SSSR count). The smallest absolute Gasteiger partial charge is 0.148 e. The number of thiophene rings is 3. The van der Waals surface area contributed by atoms with E-state index in [4.69, 9.17) is 10.5 Å². The Hall–Kier alpha value is -1.73. The predicted octanol–water partition coefficient (Wildman–Crippen LogP) is 7.05. The topological polar surface area (TPSA) is 71.4 Å². The van der Waals surface area contributed by atoms with Gasteiger partial charge >= 0.3 is 0 Å². The molecule has 120 valence electrons. The maximum atomic E-state index is 9.30. The lowest BCUT2D eigenvalue weighted by Crippen LogP contribution is -1.81. The van der Waals surface area contributed by atoms with Crippen molar-refractivity contribution < 1.29 is 0 Å². The van der Waals surface area contributed by atoms with Gasteiger partial charge in [0.2, 0.25) is 0 Å². The van der Waals surface area contributed by atoms with Gasteiger partial charge in [0.05, 0.1) is 24.3 Å². The lowest BCUT2D eigenvalue weighted by molar-refractivity contribution is 1.46. The molecule has 0 fully saturated rings. The van der Waals surface area contributed by atoms with E-state index in [0.717, 1.165) is 23.6 Å². The zero-order valence-electron chi connectivity index (χ0n) is 12.2. The summed E-state index contributed by atoms with van der Waals surface area (Å²) < 4.78 is 1.95. The second kappa shape index (κ2) is 7.66. The van der Waals surface area contributed by atoms with E-state index >= 15 is 0 Å². The fraction of sp³-hybridized carbons (Fsp3) is 0. The van der Waals surface area contributed by atoms with Crippen molar-refractivity contribution in [2.75, 3.05) is 0 Å². The van der Waals surface area contributed by atoms with Gasteiger partial charge in [-0.1, -0.05) is 6.07 Å². The lowest BCUT2D eigenvalue weighted by Gasteiger charge is -1.94. The minimum Gasteiger partial charge on any atom is -0.192 e. The molecule has 0 bridgehead atoms. The summed E-state index contributed by atoms with van der Waals surface area (Å²) in [4.78, 5) is 4.94. The van der Waals surface area contributed by atoms with Crippen LogP contribution in [0, 0.1) is 34.0 Å². The van der Waals surface area contributed by atoms with Crippen molar-refractivity contribution in [2.45, 2.75) is 0 Å². The van der Waals surface area contributed by atoms with Crippen molar-refractivity contribution in [3.05, 3.63) is 49.0 Å². The summed E-state index contributed by atoms with van der Waals surface area (Å²) in [7, 11) is 0. The highest BCUT2D eigenvalue weighted by Crippen LogP contribution is 2.50.